The average molecular weight is 490 g/mol. The zero-order valence-corrected chi connectivity index (χ0v) is 21.2. The minimum Gasteiger partial charge on any atom is -0.324 e. The summed E-state index contributed by atoms with van der Waals surface area (Å²) in [7, 11) is 0. The van der Waals surface area contributed by atoms with Crippen LogP contribution >= 0.6 is 11.6 Å². The molecule has 1 saturated carbocycles. The van der Waals surface area contributed by atoms with E-state index in [-0.39, 0.29) is 29.8 Å². The number of halogens is 1. The van der Waals surface area contributed by atoms with Crippen LogP contribution in [0.3, 0.4) is 0 Å². The quantitative estimate of drug-likeness (QED) is 0.619. The molecule has 4 amide bonds. The number of rotatable bonds is 5. The Kier molecular flexibility index (Phi) is 7.22. The number of amides is 4. The number of benzene rings is 1. The van der Waals surface area contributed by atoms with Gasteiger partial charge in [-0.3, -0.25) is 19.4 Å². The minimum atomic E-state index is -0.725. The van der Waals surface area contributed by atoms with E-state index in [1.807, 2.05) is 12.1 Å². The molecular formula is C25H36ClN5O3. The summed E-state index contributed by atoms with van der Waals surface area (Å²) in [6.45, 7) is 10.1. The summed E-state index contributed by atoms with van der Waals surface area (Å²) < 4.78 is 0. The molecule has 9 heteroatoms. The lowest BCUT2D eigenvalue weighted by atomic mass is 9.67. The van der Waals surface area contributed by atoms with Crippen molar-refractivity contribution in [2.75, 3.05) is 44.7 Å². The zero-order chi connectivity index (χ0) is 24.5. The van der Waals surface area contributed by atoms with E-state index in [4.69, 9.17) is 11.6 Å². The van der Waals surface area contributed by atoms with Gasteiger partial charge in [0, 0.05) is 26.2 Å². The molecule has 186 valence electrons. The fraction of sp³-hybridized carbons (Fsp3) is 0.640. The fourth-order valence-electron chi connectivity index (χ4n) is 5.36. The van der Waals surface area contributed by atoms with Crippen molar-refractivity contribution in [3.63, 3.8) is 0 Å². The summed E-state index contributed by atoms with van der Waals surface area (Å²) >= 11 is 6.12. The third-order valence-electron chi connectivity index (χ3n) is 7.63. The molecule has 2 heterocycles. The van der Waals surface area contributed by atoms with Crippen LogP contribution in [-0.4, -0.2) is 77.5 Å². The lowest BCUT2D eigenvalue weighted by molar-refractivity contribution is -0.134. The van der Waals surface area contributed by atoms with Crippen molar-refractivity contribution in [1.29, 1.82) is 0 Å². The first kappa shape index (κ1) is 24.9. The molecule has 3 fully saturated rings. The van der Waals surface area contributed by atoms with E-state index in [9.17, 15) is 14.4 Å². The topological polar surface area (TPSA) is 85.0 Å². The molecule has 0 bridgehead atoms. The van der Waals surface area contributed by atoms with Crippen LogP contribution in [-0.2, 0) is 9.59 Å². The molecule has 0 unspecified atom stereocenters. The molecule has 1 spiro atoms. The highest BCUT2D eigenvalue weighted by molar-refractivity contribution is 6.33. The summed E-state index contributed by atoms with van der Waals surface area (Å²) in [5.74, 6) is 0.384. The molecule has 0 atom stereocenters. The van der Waals surface area contributed by atoms with Gasteiger partial charge in [0.2, 0.25) is 5.91 Å². The maximum absolute atomic E-state index is 13.3. The van der Waals surface area contributed by atoms with E-state index in [1.165, 1.54) is 4.90 Å². The van der Waals surface area contributed by atoms with Crippen LogP contribution in [0.25, 0.3) is 0 Å². The largest absolute Gasteiger partial charge is 0.326 e. The number of carbonyl (C=O) groups excluding carboxylic acids is 3. The molecule has 34 heavy (non-hydrogen) atoms. The molecule has 2 N–H and O–H groups in total. The highest BCUT2D eigenvalue weighted by Crippen LogP contribution is 2.43. The van der Waals surface area contributed by atoms with E-state index in [0.717, 1.165) is 12.8 Å². The minimum absolute atomic E-state index is 0.0774. The Labute approximate surface area is 207 Å². The molecule has 2 saturated heterocycles. The number of nitrogens with one attached hydrogen (secondary N) is 2. The van der Waals surface area contributed by atoms with Crippen LogP contribution in [0.1, 0.15) is 46.5 Å². The highest BCUT2D eigenvalue weighted by Gasteiger charge is 2.53. The second kappa shape index (κ2) is 9.84. The molecule has 0 radical (unpaired) electrons. The van der Waals surface area contributed by atoms with Crippen molar-refractivity contribution in [1.82, 2.24) is 20.0 Å². The van der Waals surface area contributed by atoms with E-state index in [1.54, 1.807) is 12.1 Å². The second-order valence-electron chi connectivity index (χ2n) is 10.9. The van der Waals surface area contributed by atoms with Crippen molar-refractivity contribution < 1.29 is 14.4 Å². The van der Waals surface area contributed by atoms with Crippen molar-refractivity contribution in [3.8, 4) is 0 Å². The predicted octanol–water partition coefficient (Wildman–Crippen LogP) is 3.38. The number of carbonyl (C=O) groups is 3. The molecule has 8 nitrogen and oxygen atoms in total. The number of nitrogens with zero attached hydrogens (tertiary/aromatic N) is 3. The number of anilines is 1. The van der Waals surface area contributed by atoms with E-state index >= 15 is 0 Å². The SMILES string of the molecule is CC(C)(C)C1CCC2(CC1)NC(=O)N(CN1CCN(CC(=O)Nc3ccccc3Cl)CC1)C2=O. The van der Waals surface area contributed by atoms with Crippen LogP contribution in [0.15, 0.2) is 24.3 Å². The van der Waals surface area contributed by atoms with Gasteiger partial charge in [-0.05, 0) is 49.1 Å². The van der Waals surface area contributed by atoms with Crippen molar-refractivity contribution in [2.24, 2.45) is 11.3 Å². The van der Waals surface area contributed by atoms with Gasteiger partial charge in [-0.1, -0.05) is 44.5 Å². The van der Waals surface area contributed by atoms with Crippen molar-refractivity contribution in [3.05, 3.63) is 29.3 Å². The number of hydrogen-bond acceptors (Lipinski definition) is 5. The van der Waals surface area contributed by atoms with Gasteiger partial charge in [0.25, 0.3) is 5.91 Å². The third-order valence-corrected chi connectivity index (χ3v) is 7.96. The Morgan fingerprint density at radius 3 is 2.32 bits per heavy atom. The second-order valence-corrected chi connectivity index (χ2v) is 11.4. The Hall–Kier alpha value is -2.16. The van der Waals surface area contributed by atoms with Crippen LogP contribution in [0.4, 0.5) is 10.5 Å². The van der Waals surface area contributed by atoms with Crippen LogP contribution < -0.4 is 10.6 Å². The maximum Gasteiger partial charge on any atom is 0.326 e. The number of urea groups is 1. The summed E-state index contributed by atoms with van der Waals surface area (Å²) in [4.78, 5) is 44.0. The highest BCUT2D eigenvalue weighted by atomic mass is 35.5. The molecule has 1 aromatic rings. The standard InChI is InChI=1S/C25H36ClN5O3/c1-24(2,3)18-8-10-25(11-9-18)22(33)31(23(34)28-25)17-30-14-12-29(13-15-30)16-21(32)27-20-7-5-4-6-19(20)26/h4-7,18H,8-17H2,1-3H3,(H,27,32)(H,28,34). The molecular weight excluding hydrogens is 454 g/mol. The lowest BCUT2D eigenvalue weighted by Gasteiger charge is -2.41. The Bertz CT molecular complexity index is 931. The van der Waals surface area contributed by atoms with Crippen molar-refractivity contribution in [2.45, 2.75) is 52.0 Å². The average Bonchev–Trinajstić information content (AvgIpc) is 3.00. The van der Waals surface area contributed by atoms with Gasteiger partial charge in [-0.2, -0.15) is 0 Å². The molecule has 0 aromatic heterocycles. The summed E-state index contributed by atoms with van der Waals surface area (Å²) in [5, 5.41) is 6.40. The first-order valence-corrected chi connectivity index (χ1v) is 12.6. The zero-order valence-electron chi connectivity index (χ0n) is 20.4. The molecule has 3 aliphatic rings. The molecule has 2 aliphatic heterocycles. The van der Waals surface area contributed by atoms with Gasteiger partial charge in [0.1, 0.15) is 5.54 Å². The molecule has 1 aromatic carbocycles. The lowest BCUT2D eigenvalue weighted by Crippen LogP contribution is -2.53. The first-order valence-electron chi connectivity index (χ1n) is 12.2. The molecule has 1 aliphatic carbocycles. The number of hydrogen-bond donors (Lipinski definition) is 2. The van der Waals surface area contributed by atoms with Gasteiger partial charge in [0.15, 0.2) is 0 Å². The van der Waals surface area contributed by atoms with E-state index in [0.29, 0.717) is 62.3 Å². The predicted molar refractivity (Wildman–Crippen MR) is 132 cm³/mol. The van der Waals surface area contributed by atoms with Gasteiger partial charge >= 0.3 is 6.03 Å². The maximum atomic E-state index is 13.3. The Morgan fingerprint density at radius 2 is 1.71 bits per heavy atom. The van der Waals surface area contributed by atoms with Gasteiger partial charge in [-0.15, -0.1) is 0 Å². The first-order chi connectivity index (χ1) is 16.1. The number of para-hydroxylation sites is 1. The Balaban J connectivity index is 1.25. The van der Waals surface area contributed by atoms with Crippen LogP contribution in [0.5, 0.6) is 0 Å². The van der Waals surface area contributed by atoms with Crippen LogP contribution in [0, 0.1) is 11.3 Å². The summed E-state index contributed by atoms with van der Waals surface area (Å²) in [5.41, 5.74) is 0.103. The number of piperazine rings is 1. The monoisotopic (exact) mass is 489 g/mol. The summed E-state index contributed by atoms with van der Waals surface area (Å²) in [6.07, 6.45) is 3.34. The van der Waals surface area contributed by atoms with E-state index in [2.05, 4.69) is 41.2 Å². The van der Waals surface area contributed by atoms with Crippen molar-refractivity contribution >= 4 is 35.1 Å². The van der Waals surface area contributed by atoms with E-state index < -0.39 is 5.54 Å². The van der Waals surface area contributed by atoms with Crippen LogP contribution in [0.2, 0.25) is 5.02 Å². The fourth-order valence-corrected chi connectivity index (χ4v) is 5.55. The third kappa shape index (κ3) is 5.39. The smallest absolute Gasteiger partial charge is 0.324 e. The van der Waals surface area contributed by atoms with Gasteiger partial charge in [0.05, 0.1) is 23.9 Å². The number of imide groups is 1. The van der Waals surface area contributed by atoms with Gasteiger partial charge in [-0.25, -0.2) is 9.69 Å². The molecule has 4 rings (SSSR count). The Morgan fingerprint density at radius 1 is 1.09 bits per heavy atom. The summed E-state index contributed by atoms with van der Waals surface area (Å²) in [6, 6.07) is 6.89. The normalized spacial score (nSPS) is 26.7. The van der Waals surface area contributed by atoms with Gasteiger partial charge < -0.3 is 10.6 Å².